The molecule has 21 heavy (non-hydrogen) atoms. The summed E-state index contributed by atoms with van der Waals surface area (Å²) in [4.78, 5) is 20.6. The van der Waals surface area contributed by atoms with E-state index in [9.17, 15) is 4.79 Å². The second kappa shape index (κ2) is 7.08. The molecule has 2 N–H and O–H groups in total. The second-order valence-corrected chi connectivity index (χ2v) is 5.00. The molecule has 0 aromatic carbocycles. The average Bonchev–Trinajstić information content (AvgIpc) is 2.89. The van der Waals surface area contributed by atoms with Crippen molar-refractivity contribution in [3.05, 3.63) is 41.1 Å². The van der Waals surface area contributed by atoms with Gasteiger partial charge in [-0.2, -0.15) is 0 Å². The van der Waals surface area contributed by atoms with E-state index < -0.39 is 0 Å². The number of carbonyl (C=O) groups is 1. The van der Waals surface area contributed by atoms with Gasteiger partial charge in [0.2, 0.25) is 0 Å². The van der Waals surface area contributed by atoms with E-state index in [-0.39, 0.29) is 11.6 Å². The Hall–Kier alpha value is -2.08. The first-order chi connectivity index (χ1) is 10.1. The first-order valence-electron chi connectivity index (χ1n) is 6.76. The number of anilines is 1. The van der Waals surface area contributed by atoms with E-state index in [1.54, 1.807) is 18.3 Å². The van der Waals surface area contributed by atoms with Crippen molar-refractivity contribution >= 4 is 23.3 Å². The highest BCUT2D eigenvalue weighted by molar-refractivity contribution is 6.33. The minimum absolute atomic E-state index is 0.215. The van der Waals surface area contributed by atoms with E-state index in [1.165, 1.54) is 0 Å². The van der Waals surface area contributed by atoms with Crippen molar-refractivity contribution in [3.8, 4) is 0 Å². The number of imidazole rings is 1. The molecule has 0 aliphatic heterocycles. The van der Waals surface area contributed by atoms with Crippen LogP contribution in [0.1, 0.15) is 29.7 Å². The number of aryl methyl sites for hydroxylation is 1. The summed E-state index contributed by atoms with van der Waals surface area (Å²) in [5.41, 5.74) is 0.215. The standard InChI is InChI=1S/C14H18ClN5O/c1-3-6-16-11-5-4-10(15)13(19-11)14(21)18-9-12-17-7-8-20(12)2/h4-5,7-8H,3,6,9H2,1-2H3,(H,16,19)(H,18,21). The van der Waals surface area contributed by atoms with Gasteiger partial charge in [0.25, 0.3) is 5.91 Å². The number of amides is 1. The minimum Gasteiger partial charge on any atom is -0.370 e. The van der Waals surface area contributed by atoms with Gasteiger partial charge >= 0.3 is 0 Å². The van der Waals surface area contributed by atoms with Crippen molar-refractivity contribution in [2.24, 2.45) is 7.05 Å². The monoisotopic (exact) mass is 307 g/mol. The topological polar surface area (TPSA) is 71.8 Å². The van der Waals surface area contributed by atoms with E-state index in [2.05, 4.69) is 27.5 Å². The van der Waals surface area contributed by atoms with Crippen molar-refractivity contribution < 1.29 is 4.79 Å². The van der Waals surface area contributed by atoms with Crippen molar-refractivity contribution in [1.29, 1.82) is 0 Å². The Kier molecular flexibility index (Phi) is 5.16. The van der Waals surface area contributed by atoms with Crippen LogP contribution >= 0.6 is 11.6 Å². The van der Waals surface area contributed by atoms with Crippen molar-refractivity contribution in [1.82, 2.24) is 19.9 Å². The van der Waals surface area contributed by atoms with Crippen LogP contribution in [-0.2, 0) is 13.6 Å². The van der Waals surface area contributed by atoms with E-state index in [4.69, 9.17) is 11.6 Å². The predicted molar refractivity (Wildman–Crippen MR) is 82.4 cm³/mol. The summed E-state index contributed by atoms with van der Waals surface area (Å²) in [6.45, 7) is 3.18. The third kappa shape index (κ3) is 3.95. The van der Waals surface area contributed by atoms with Crippen molar-refractivity contribution in [2.45, 2.75) is 19.9 Å². The zero-order chi connectivity index (χ0) is 15.2. The Morgan fingerprint density at radius 1 is 1.43 bits per heavy atom. The van der Waals surface area contributed by atoms with Gasteiger partial charge in [-0.05, 0) is 18.6 Å². The molecular weight excluding hydrogens is 290 g/mol. The fourth-order valence-corrected chi connectivity index (χ4v) is 1.95. The number of carbonyl (C=O) groups excluding carboxylic acids is 1. The minimum atomic E-state index is -0.317. The van der Waals surface area contributed by atoms with E-state index in [1.807, 2.05) is 17.8 Å². The average molecular weight is 308 g/mol. The molecule has 0 atom stereocenters. The Morgan fingerprint density at radius 3 is 2.90 bits per heavy atom. The highest BCUT2D eigenvalue weighted by Crippen LogP contribution is 2.16. The van der Waals surface area contributed by atoms with Gasteiger partial charge in [-0.15, -0.1) is 0 Å². The highest BCUT2D eigenvalue weighted by Gasteiger charge is 2.13. The molecule has 2 heterocycles. The van der Waals surface area contributed by atoms with Gasteiger partial charge < -0.3 is 15.2 Å². The molecule has 0 radical (unpaired) electrons. The maximum absolute atomic E-state index is 12.2. The quantitative estimate of drug-likeness (QED) is 0.858. The SMILES string of the molecule is CCCNc1ccc(Cl)c(C(=O)NCc2nccn2C)n1. The van der Waals surface area contributed by atoms with Crippen LogP contribution in [0.3, 0.4) is 0 Å². The van der Waals surface area contributed by atoms with Crippen LogP contribution in [0.4, 0.5) is 5.82 Å². The third-order valence-electron chi connectivity index (χ3n) is 2.95. The molecule has 2 aromatic rings. The number of hydrogen-bond donors (Lipinski definition) is 2. The zero-order valence-electron chi connectivity index (χ0n) is 12.1. The first-order valence-corrected chi connectivity index (χ1v) is 7.14. The molecule has 0 unspecified atom stereocenters. The lowest BCUT2D eigenvalue weighted by atomic mass is 10.3. The van der Waals surface area contributed by atoms with Crippen LogP contribution in [0.25, 0.3) is 0 Å². The molecule has 2 aromatic heterocycles. The third-order valence-corrected chi connectivity index (χ3v) is 3.25. The number of rotatable bonds is 6. The molecule has 6 nitrogen and oxygen atoms in total. The van der Waals surface area contributed by atoms with Crippen molar-refractivity contribution in [3.63, 3.8) is 0 Å². The van der Waals surface area contributed by atoms with Crippen LogP contribution < -0.4 is 10.6 Å². The normalized spacial score (nSPS) is 10.4. The Bertz CT molecular complexity index is 626. The molecule has 0 aliphatic carbocycles. The largest absolute Gasteiger partial charge is 0.370 e. The number of pyridine rings is 1. The molecule has 0 saturated carbocycles. The van der Waals surface area contributed by atoms with Gasteiger partial charge in [0.05, 0.1) is 11.6 Å². The molecule has 0 aliphatic rings. The summed E-state index contributed by atoms with van der Waals surface area (Å²) in [7, 11) is 1.87. The van der Waals surface area contributed by atoms with Gasteiger partial charge in [-0.1, -0.05) is 18.5 Å². The van der Waals surface area contributed by atoms with Gasteiger partial charge in [-0.25, -0.2) is 9.97 Å². The molecule has 7 heteroatoms. The Balaban J connectivity index is 2.05. The van der Waals surface area contributed by atoms with Crippen LogP contribution in [-0.4, -0.2) is 27.0 Å². The molecule has 0 saturated heterocycles. The number of hydrogen-bond acceptors (Lipinski definition) is 4. The zero-order valence-corrected chi connectivity index (χ0v) is 12.8. The summed E-state index contributed by atoms with van der Waals surface area (Å²) in [6, 6.07) is 3.43. The number of aromatic nitrogens is 3. The maximum Gasteiger partial charge on any atom is 0.271 e. The Morgan fingerprint density at radius 2 is 2.24 bits per heavy atom. The number of nitrogens with one attached hydrogen (secondary N) is 2. The lowest BCUT2D eigenvalue weighted by Gasteiger charge is -2.09. The van der Waals surface area contributed by atoms with Crippen LogP contribution in [0.5, 0.6) is 0 Å². The molecule has 0 spiro atoms. The number of nitrogens with zero attached hydrogens (tertiary/aromatic N) is 3. The fraction of sp³-hybridized carbons (Fsp3) is 0.357. The van der Waals surface area contributed by atoms with Crippen LogP contribution in [0.2, 0.25) is 5.02 Å². The van der Waals surface area contributed by atoms with Gasteiger partial charge in [0.1, 0.15) is 17.3 Å². The second-order valence-electron chi connectivity index (χ2n) is 4.59. The summed E-state index contributed by atoms with van der Waals surface area (Å²) < 4.78 is 1.84. The number of halogens is 1. The molecule has 0 fully saturated rings. The smallest absolute Gasteiger partial charge is 0.271 e. The van der Waals surface area contributed by atoms with Gasteiger partial charge in [-0.3, -0.25) is 4.79 Å². The summed E-state index contributed by atoms with van der Waals surface area (Å²) in [5.74, 6) is 1.09. The molecule has 2 rings (SSSR count). The van der Waals surface area contributed by atoms with E-state index in [0.717, 1.165) is 18.8 Å². The lowest BCUT2D eigenvalue weighted by molar-refractivity contribution is 0.0945. The van der Waals surface area contributed by atoms with E-state index >= 15 is 0 Å². The molecule has 112 valence electrons. The summed E-state index contributed by atoms with van der Waals surface area (Å²) >= 11 is 6.05. The van der Waals surface area contributed by atoms with Gasteiger partial charge in [0, 0.05) is 26.0 Å². The molecule has 1 amide bonds. The van der Waals surface area contributed by atoms with E-state index in [0.29, 0.717) is 17.4 Å². The first kappa shape index (κ1) is 15.3. The van der Waals surface area contributed by atoms with Crippen LogP contribution in [0.15, 0.2) is 24.5 Å². The summed E-state index contributed by atoms with van der Waals surface area (Å²) in [5, 5.41) is 6.23. The molecule has 0 bridgehead atoms. The van der Waals surface area contributed by atoms with Crippen LogP contribution in [0, 0.1) is 0 Å². The highest BCUT2D eigenvalue weighted by atomic mass is 35.5. The fourth-order valence-electron chi connectivity index (χ4n) is 1.76. The molecular formula is C14H18ClN5O. The Labute approximate surface area is 128 Å². The lowest BCUT2D eigenvalue weighted by Crippen LogP contribution is -2.26. The van der Waals surface area contributed by atoms with Crippen molar-refractivity contribution in [2.75, 3.05) is 11.9 Å². The predicted octanol–water partition coefficient (Wildman–Crippen LogP) is 2.22. The maximum atomic E-state index is 12.2. The summed E-state index contributed by atoms with van der Waals surface area (Å²) in [6.07, 6.45) is 4.48. The van der Waals surface area contributed by atoms with Gasteiger partial charge in [0.15, 0.2) is 0 Å².